The van der Waals surface area contributed by atoms with Crippen LogP contribution in [0.2, 0.25) is 5.02 Å². The molecule has 4 nitrogen and oxygen atoms in total. The monoisotopic (exact) mass is 431 g/mol. The molecule has 1 N–H and O–H groups in total. The van der Waals surface area contributed by atoms with Gasteiger partial charge >= 0.3 is 5.97 Å². The van der Waals surface area contributed by atoms with Gasteiger partial charge in [-0.2, -0.15) is 0 Å². The summed E-state index contributed by atoms with van der Waals surface area (Å²) in [5.74, 6) is -0.954. The molecule has 1 heterocycles. The number of hydrogen-bond acceptors (Lipinski definition) is 2. The van der Waals surface area contributed by atoms with E-state index >= 15 is 0 Å². The van der Waals surface area contributed by atoms with Crippen LogP contribution in [0, 0.1) is 5.92 Å². The number of allylic oxidation sites excluding steroid dienone is 1. The van der Waals surface area contributed by atoms with Crippen LogP contribution >= 0.6 is 11.6 Å². The third-order valence-corrected chi connectivity index (χ3v) is 5.69. The van der Waals surface area contributed by atoms with Crippen molar-refractivity contribution in [1.29, 1.82) is 0 Å². The minimum absolute atomic E-state index is 0.0828. The molecule has 1 aliphatic heterocycles. The van der Waals surface area contributed by atoms with Gasteiger partial charge in [-0.3, -0.25) is 4.79 Å². The van der Waals surface area contributed by atoms with Crippen LogP contribution in [0.25, 0.3) is 11.1 Å². The van der Waals surface area contributed by atoms with Gasteiger partial charge in [0.15, 0.2) is 0 Å². The van der Waals surface area contributed by atoms with Crippen LogP contribution in [0.1, 0.15) is 40.9 Å². The van der Waals surface area contributed by atoms with Gasteiger partial charge in [0, 0.05) is 10.6 Å². The molecule has 0 bridgehead atoms. The molecule has 3 aromatic rings. The van der Waals surface area contributed by atoms with Crippen molar-refractivity contribution in [3.05, 3.63) is 100 Å². The van der Waals surface area contributed by atoms with E-state index in [1.807, 2.05) is 54.6 Å². The number of halogens is 1. The third-order valence-electron chi connectivity index (χ3n) is 5.44. The Hall–Kier alpha value is -3.37. The van der Waals surface area contributed by atoms with Crippen LogP contribution in [-0.4, -0.2) is 17.0 Å². The van der Waals surface area contributed by atoms with E-state index in [1.54, 1.807) is 23.1 Å². The minimum atomic E-state index is -0.986. The second-order valence-corrected chi connectivity index (χ2v) is 8.30. The van der Waals surface area contributed by atoms with Crippen molar-refractivity contribution in [3.8, 4) is 0 Å². The highest BCUT2D eigenvalue weighted by Gasteiger charge is 2.35. The number of hydrogen-bond donors (Lipinski definition) is 1. The molecule has 0 saturated heterocycles. The first-order chi connectivity index (χ1) is 14.9. The second kappa shape index (κ2) is 8.40. The van der Waals surface area contributed by atoms with E-state index in [0.717, 1.165) is 28.0 Å². The minimum Gasteiger partial charge on any atom is -0.478 e. The van der Waals surface area contributed by atoms with E-state index in [9.17, 15) is 14.7 Å². The lowest BCUT2D eigenvalue weighted by Crippen LogP contribution is -2.26. The molecule has 5 heteroatoms. The summed E-state index contributed by atoms with van der Waals surface area (Å²) < 4.78 is 0. The maximum Gasteiger partial charge on any atom is 0.335 e. The predicted octanol–water partition coefficient (Wildman–Crippen LogP) is 6.15. The Morgan fingerprint density at radius 1 is 0.968 bits per heavy atom. The van der Waals surface area contributed by atoms with Gasteiger partial charge in [0.2, 0.25) is 0 Å². The Labute approximate surface area is 186 Å². The molecule has 0 aromatic heterocycles. The van der Waals surface area contributed by atoms with Crippen LogP contribution in [0.5, 0.6) is 0 Å². The molecule has 0 saturated carbocycles. The number of aromatic carboxylic acids is 1. The summed E-state index contributed by atoms with van der Waals surface area (Å²) in [5.41, 5.74) is 5.31. The summed E-state index contributed by atoms with van der Waals surface area (Å²) in [6, 6.07) is 22.0. The molecule has 0 spiro atoms. The van der Waals surface area contributed by atoms with Gasteiger partial charge in [-0.1, -0.05) is 67.9 Å². The van der Waals surface area contributed by atoms with E-state index < -0.39 is 5.97 Å². The Kier molecular flexibility index (Phi) is 5.66. The van der Waals surface area contributed by atoms with Gasteiger partial charge < -0.3 is 10.0 Å². The average Bonchev–Trinajstić information content (AvgIpc) is 3.02. The lowest BCUT2D eigenvalue weighted by molar-refractivity contribution is -0.113. The fraction of sp³-hybridized carbons (Fsp3) is 0.154. The summed E-state index contributed by atoms with van der Waals surface area (Å²) in [5, 5.41) is 9.95. The molecule has 1 aliphatic rings. The molecule has 4 rings (SSSR count). The van der Waals surface area contributed by atoms with Crippen molar-refractivity contribution in [1.82, 2.24) is 0 Å². The van der Waals surface area contributed by atoms with Crippen LogP contribution < -0.4 is 4.90 Å². The molecule has 31 heavy (non-hydrogen) atoms. The maximum absolute atomic E-state index is 13.7. The summed E-state index contributed by atoms with van der Waals surface area (Å²) in [4.78, 5) is 26.8. The van der Waals surface area contributed by atoms with E-state index in [2.05, 4.69) is 13.8 Å². The SMILES string of the molecule is CC(C)/C(=C1/C(=O)N(Cc2cccc(C(=O)O)c2)c2ccccc21)c1ccc(Cl)cc1. The highest BCUT2D eigenvalue weighted by Crippen LogP contribution is 2.43. The van der Waals surface area contributed by atoms with Gasteiger partial charge in [0.1, 0.15) is 0 Å². The molecule has 0 aliphatic carbocycles. The molecular formula is C26H22ClNO3. The standard InChI is InChI=1S/C26H22ClNO3/c1-16(2)23(18-10-12-20(27)13-11-18)24-21-8-3-4-9-22(21)28(25(24)29)15-17-6-5-7-19(14-17)26(30)31/h3-14,16H,15H2,1-2H3,(H,30,31)/b24-23-. The third kappa shape index (κ3) is 3.99. The summed E-state index contributed by atoms with van der Waals surface area (Å²) in [6.07, 6.45) is 0. The van der Waals surface area contributed by atoms with Crippen molar-refractivity contribution in [2.45, 2.75) is 20.4 Å². The Morgan fingerprint density at radius 2 is 1.68 bits per heavy atom. The quantitative estimate of drug-likeness (QED) is 0.493. The normalized spacial score (nSPS) is 14.7. The first kappa shape index (κ1) is 20.9. The van der Waals surface area contributed by atoms with Crippen molar-refractivity contribution in [3.63, 3.8) is 0 Å². The number of rotatable bonds is 5. The largest absolute Gasteiger partial charge is 0.478 e. The van der Waals surface area contributed by atoms with E-state index in [-0.39, 0.29) is 17.4 Å². The molecule has 0 atom stereocenters. The van der Waals surface area contributed by atoms with Crippen LogP contribution in [0.15, 0.2) is 72.8 Å². The zero-order chi connectivity index (χ0) is 22.1. The number of anilines is 1. The summed E-state index contributed by atoms with van der Waals surface area (Å²) in [7, 11) is 0. The molecule has 0 unspecified atom stereocenters. The molecule has 3 aromatic carbocycles. The number of fused-ring (bicyclic) bond motifs is 1. The number of nitrogens with zero attached hydrogens (tertiary/aromatic N) is 1. The van der Waals surface area contributed by atoms with E-state index in [1.165, 1.54) is 0 Å². The Balaban J connectivity index is 1.84. The second-order valence-electron chi connectivity index (χ2n) is 7.86. The highest BCUT2D eigenvalue weighted by atomic mass is 35.5. The number of carboxylic acid groups (broad SMARTS) is 1. The van der Waals surface area contributed by atoms with Gasteiger partial charge in [-0.15, -0.1) is 0 Å². The van der Waals surface area contributed by atoms with Crippen molar-refractivity contribution in [2.75, 3.05) is 4.90 Å². The summed E-state index contributed by atoms with van der Waals surface area (Å²) >= 11 is 6.08. The Morgan fingerprint density at radius 3 is 2.35 bits per heavy atom. The lowest BCUT2D eigenvalue weighted by atomic mass is 9.88. The number of carbonyl (C=O) groups excluding carboxylic acids is 1. The molecular weight excluding hydrogens is 410 g/mol. The van der Waals surface area contributed by atoms with Crippen molar-refractivity contribution < 1.29 is 14.7 Å². The predicted molar refractivity (Wildman–Crippen MR) is 124 cm³/mol. The van der Waals surface area contributed by atoms with Crippen LogP contribution in [0.4, 0.5) is 5.69 Å². The van der Waals surface area contributed by atoms with Gasteiger partial charge in [0.25, 0.3) is 5.91 Å². The first-order valence-corrected chi connectivity index (χ1v) is 10.5. The van der Waals surface area contributed by atoms with Crippen molar-refractivity contribution >= 4 is 40.3 Å². The first-order valence-electron chi connectivity index (χ1n) is 10.1. The van der Waals surface area contributed by atoms with Crippen molar-refractivity contribution in [2.24, 2.45) is 5.92 Å². The molecule has 156 valence electrons. The van der Waals surface area contributed by atoms with Crippen LogP contribution in [-0.2, 0) is 11.3 Å². The van der Waals surface area contributed by atoms with Gasteiger partial charge in [-0.05, 0) is 52.9 Å². The Bertz CT molecular complexity index is 1200. The highest BCUT2D eigenvalue weighted by molar-refractivity contribution is 6.37. The smallest absolute Gasteiger partial charge is 0.335 e. The molecule has 0 fully saturated rings. The fourth-order valence-electron chi connectivity index (χ4n) is 4.08. The number of carboxylic acids is 1. The zero-order valence-electron chi connectivity index (χ0n) is 17.3. The molecule has 1 amide bonds. The van der Waals surface area contributed by atoms with E-state index in [0.29, 0.717) is 17.1 Å². The average molecular weight is 432 g/mol. The van der Waals surface area contributed by atoms with E-state index in [4.69, 9.17) is 11.6 Å². The number of carbonyl (C=O) groups is 2. The van der Waals surface area contributed by atoms with Crippen LogP contribution in [0.3, 0.4) is 0 Å². The van der Waals surface area contributed by atoms with Gasteiger partial charge in [0.05, 0.1) is 23.4 Å². The fourth-order valence-corrected chi connectivity index (χ4v) is 4.20. The summed E-state index contributed by atoms with van der Waals surface area (Å²) in [6.45, 7) is 4.45. The molecule has 0 radical (unpaired) electrons. The lowest BCUT2D eigenvalue weighted by Gasteiger charge is -2.19. The zero-order valence-corrected chi connectivity index (χ0v) is 18.1. The van der Waals surface area contributed by atoms with Gasteiger partial charge in [-0.25, -0.2) is 4.79 Å². The number of benzene rings is 3. The number of para-hydroxylation sites is 1. The maximum atomic E-state index is 13.7. The number of amides is 1. The topological polar surface area (TPSA) is 57.6 Å².